The smallest absolute Gasteiger partial charge is 0.339 e. The average Bonchev–Trinajstić information content (AvgIpc) is 2.26. The van der Waals surface area contributed by atoms with Crippen LogP contribution in [0.2, 0.25) is 0 Å². The molecule has 0 spiro atoms. The third-order valence-electron chi connectivity index (χ3n) is 2.42. The minimum atomic E-state index is -0.543. The SMILES string of the molecule is COC(=O)c1ccc(C(C)C)c(N)c1C#N. The number of nitrogens with zero attached hydrogens (tertiary/aromatic N) is 1. The normalized spacial score (nSPS) is 9.94. The first-order chi connectivity index (χ1) is 7.52. The summed E-state index contributed by atoms with van der Waals surface area (Å²) in [5.41, 5.74) is 7.49. The van der Waals surface area contributed by atoms with Crippen LogP contribution in [-0.2, 0) is 4.74 Å². The van der Waals surface area contributed by atoms with Crippen LogP contribution in [0.4, 0.5) is 5.69 Å². The average molecular weight is 218 g/mol. The van der Waals surface area contributed by atoms with Crippen molar-refractivity contribution < 1.29 is 9.53 Å². The van der Waals surface area contributed by atoms with E-state index in [1.807, 2.05) is 19.9 Å². The highest BCUT2D eigenvalue weighted by molar-refractivity contribution is 5.94. The molecule has 16 heavy (non-hydrogen) atoms. The van der Waals surface area contributed by atoms with Crippen molar-refractivity contribution >= 4 is 11.7 Å². The molecular formula is C12H14N2O2. The lowest BCUT2D eigenvalue weighted by molar-refractivity contribution is 0.0600. The lowest BCUT2D eigenvalue weighted by atomic mass is 9.95. The molecule has 0 aliphatic rings. The molecule has 0 fully saturated rings. The summed E-state index contributed by atoms with van der Waals surface area (Å²) >= 11 is 0. The number of methoxy groups -OCH3 is 1. The van der Waals surface area contributed by atoms with Gasteiger partial charge in [0.15, 0.2) is 0 Å². The Kier molecular flexibility index (Phi) is 3.51. The zero-order valence-electron chi connectivity index (χ0n) is 9.57. The number of nitriles is 1. The number of nitrogens with two attached hydrogens (primary N) is 1. The van der Waals surface area contributed by atoms with E-state index in [0.717, 1.165) is 5.56 Å². The van der Waals surface area contributed by atoms with Gasteiger partial charge in [-0.05, 0) is 17.5 Å². The fraction of sp³-hybridized carbons (Fsp3) is 0.333. The van der Waals surface area contributed by atoms with Crippen LogP contribution in [0.1, 0.15) is 41.3 Å². The fourth-order valence-electron chi connectivity index (χ4n) is 1.54. The molecule has 0 aliphatic heterocycles. The maximum Gasteiger partial charge on any atom is 0.339 e. The highest BCUT2D eigenvalue weighted by Crippen LogP contribution is 2.27. The number of benzene rings is 1. The van der Waals surface area contributed by atoms with E-state index in [0.29, 0.717) is 5.69 Å². The number of carbonyl (C=O) groups is 1. The van der Waals surface area contributed by atoms with Gasteiger partial charge in [0.05, 0.1) is 23.9 Å². The molecule has 1 rings (SSSR count). The van der Waals surface area contributed by atoms with Gasteiger partial charge in [0.25, 0.3) is 0 Å². The summed E-state index contributed by atoms with van der Waals surface area (Å²) in [5, 5.41) is 9.01. The van der Waals surface area contributed by atoms with E-state index in [-0.39, 0.29) is 17.0 Å². The summed E-state index contributed by atoms with van der Waals surface area (Å²) in [6, 6.07) is 5.28. The van der Waals surface area contributed by atoms with Crippen LogP contribution >= 0.6 is 0 Å². The molecule has 0 saturated heterocycles. The van der Waals surface area contributed by atoms with E-state index in [9.17, 15) is 4.79 Å². The summed E-state index contributed by atoms with van der Waals surface area (Å²) in [4.78, 5) is 11.4. The van der Waals surface area contributed by atoms with E-state index >= 15 is 0 Å². The molecule has 4 heteroatoms. The van der Waals surface area contributed by atoms with Crippen LogP contribution in [0.15, 0.2) is 12.1 Å². The van der Waals surface area contributed by atoms with Crippen molar-refractivity contribution in [2.24, 2.45) is 0 Å². The van der Waals surface area contributed by atoms with Gasteiger partial charge in [0, 0.05) is 0 Å². The summed E-state index contributed by atoms with van der Waals surface area (Å²) in [6.07, 6.45) is 0. The minimum Gasteiger partial charge on any atom is -0.465 e. The molecule has 0 aliphatic carbocycles. The standard InChI is InChI=1S/C12H14N2O2/c1-7(2)8-4-5-9(12(15)16-3)10(6-13)11(8)14/h4-5,7H,14H2,1-3H3. The number of hydrogen-bond acceptors (Lipinski definition) is 4. The Morgan fingerprint density at radius 3 is 2.56 bits per heavy atom. The first kappa shape index (κ1) is 12.1. The molecule has 0 atom stereocenters. The molecule has 0 saturated carbocycles. The van der Waals surface area contributed by atoms with Crippen LogP contribution in [0, 0.1) is 11.3 Å². The number of ether oxygens (including phenoxy) is 1. The monoisotopic (exact) mass is 218 g/mol. The van der Waals surface area contributed by atoms with Crippen LogP contribution < -0.4 is 5.73 Å². The predicted octanol–water partition coefficient (Wildman–Crippen LogP) is 2.05. The number of rotatable bonds is 2. The molecule has 2 N–H and O–H groups in total. The Balaban J connectivity index is 3.42. The Morgan fingerprint density at radius 1 is 1.50 bits per heavy atom. The van der Waals surface area contributed by atoms with Crippen LogP contribution in [-0.4, -0.2) is 13.1 Å². The molecule has 0 bridgehead atoms. The second-order valence-electron chi connectivity index (χ2n) is 3.75. The molecule has 0 amide bonds. The van der Waals surface area contributed by atoms with Gasteiger partial charge in [-0.2, -0.15) is 5.26 Å². The molecule has 0 unspecified atom stereocenters. The Morgan fingerprint density at radius 2 is 2.12 bits per heavy atom. The lowest BCUT2D eigenvalue weighted by Gasteiger charge is -2.12. The van der Waals surface area contributed by atoms with Crippen LogP contribution in [0.3, 0.4) is 0 Å². The van der Waals surface area contributed by atoms with E-state index in [4.69, 9.17) is 11.0 Å². The topological polar surface area (TPSA) is 76.1 Å². The van der Waals surface area contributed by atoms with Crippen molar-refractivity contribution in [2.45, 2.75) is 19.8 Å². The van der Waals surface area contributed by atoms with Crippen molar-refractivity contribution in [2.75, 3.05) is 12.8 Å². The van der Waals surface area contributed by atoms with E-state index in [1.54, 1.807) is 12.1 Å². The molecule has 0 radical (unpaired) electrons. The highest BCUT2D eigenvalue weighted by Gasteiger charge is 2.17. The molecule has 84 valence electrons. The Hall–Kier alpha value is -2.02. The van der Waals surface area contributed by atoms with Gasteiger partial charge in [0.1, 0.15) is 6.07 Å². The van der Waals surface area contributed by atoms with Gasteiger partial charge in [-0.3, -0.25) is 0 Å². The van der Waals surface area contributed by atoms with Crippen molar-refractivity contribution in [3.8, 4) is 6.07 Å². The molecule has 1 aromatic carbocycles. The predicted molar refractivity (Wildman–Crippen MR) is 61.0 cm³/mol. The van der Waals surface area contributed by atoms with Crippen LogP contribution in [0.25, 0.3) is 0 Å². The van der Waals surface area contributed by atoms with Crippen molar-refractivity contribution in [1.82, 2.24) is 0 Å². The van der Waals surface area contributed by atoms with Gasteiger partial charge >= 0.3 is 5.97 Å². The van der Waals surface area contributed by atoms with Gasteiger partial charge in [-0.25, -0.2) is 4.79 Å². The van der Waals surface area contributed by atoms with Gasteiger partial charge in [-0.1, -0.05) is 19.9 Å². The number of esters is 1. The van der Waals surface area contributed by atoms with E-state index in [1.165, 1.54) is 7.11 Å². The van der Waals surface area contributed by atoms with Gasteiger partial charge in [-0.15, -0.1) is 0 Å². The summed E-state index contributed by atoms with van der Waals surface area (Å²) in [6.45, 7) is 3.95. The largest absolute Gasteiger partial charge is 0.465 e. The van der Waals surface area contributed by atoms with E-state index < -0.39 is 5.97 Å². The highest BCUT2D eigenvalue weighted by atomic mass is 16.5. The Bertz CT molecular complexity index is 459. The van der Waals surface area contributed by atoms with E-state index in [2.05, 4.69) is 4.74 Å². The number of hydrogen-bond donors (Lipinski definition) is 1. The summed E-state index contributed by atoms with van der Waals surface area (Å²) in [7, 11) is 1.27. The van der Waals surface area contributed by atoms with Crippen LogP contribution in [0.5, 0.6) is 0 Å². The summed E-state index contributed by atoms with van der Waals surface area (Å²) < 4.78 is 4.59. The molecular weight excluding hydrogens is 204 g/mol. The third kappa shape index (κ3) is 1.98. The van der Waals surface area contributed by atoms with Crippen molar-refractivity contribution in [1.29, 1.82) is 5.26 Å². The molecule has 4 nitrogen and oxygen atoms in total. The maximum atomic E-state index is 11.4. The zero-order valence-corrected chi connectivity index (χ0v) is 9.57. The number of carbonyl (C=O) groups excluding carboxylic acids is 1. The number of anilines is 1. The molecule has 0 aromatic heterocycles. The minimum absolute atomic E-state index is 0.193. The van der Waals surface area contributed by atoms with Crippen molar-refractivity contribution in [3.05, 3.63) is 28.8 Å². The second kappa shape index (κ2) is 4.67. The zero-order chi connectivity index (χ0) is 12.3. The maximum absolute atomic E-state index is 11.4. The van der Waals surface area contributed by atoms with Crippen molar-refractivity contribution in [3.63, 3.8) is 0 Å². The second-order valence-corrected chi connectivity index (χ2v) is 3.75. The third-order valence-corrected chi connectivity index (χ3v) is 2.42. The number of nitrogen functional groups attached to an aromatic ring is 1. The fourth-order valence-corrected chi connectivity index (χ4v) is 1.54. The van der Waals surface area contributed by atoms with Gasteiger partial charge < -0.3 is 10.5 Å². The first-order valence-electron chi connectivity index (χ1n) is 4.93. The first-order valence-corrected chi connectivity index (χ1v) is 4.93. The Labute approximate surface area is 94.6 Å². The quantitative estimate of drug-likeness (QED) is 0.608. The lowest BCUT2D eigenvalue weighted by Crippen LogP contribution is -2.09. The molecule has 1 aromatic rings. The molecule has 0 heterocycles. The summed E-state index contributed by atoms with van der Waals surface area (Å²) in [5.74, 6) is -0.336. The van der Waals surface area contributed by atoms with Gasteiger partial charge in [0.2, 0.25) is 0 Å².